The highest BCUT2D eigenvalue weighted by molar-refractivity contribution is 9.10. The van der Waals surface area contributed by atoms with Crippen molar-refractivity contribution in [3.63, 3.8) is 0 Å². The van der Waals surface area contributed by atoms with Gasteiger partial charge in [0.15, 0.2) is 11.5 Å². The van der Waals surface area contributed by atoms with Crippen LogP contribution >= 0.6 is 15.9 Å². The molecule has 0 atom stereocenters. The highest BCUT2D eigenvalue weighted by Gasteiger charge is 2.11. The fourth-order valence-electron chi connectivity index (χ4n) is 2.01. The third-order valence-electron chi connectivity index (χ3n) is 3.15. The first-order valence-corrected chi connectivity index (χ1v) is 8.36. The van der Waals surface area contributed by atoms with Crippen LogP contribution in [0.3, 0.4) is 0 Å². The molecule has 2 aromatic carbocycles. The van der Waals surface area contributed by atoms with Crippen molar-refractivity contribution in [2.45, 2.75) is 20.0 Å². The zero-order valence-corrected chi connectivity index (χ0v) is 15.7. The van der Waals surface area contributed by atoms with Crippen LogP contribution < -0.4 is 14.9 Å². The average Bonchev–Trinajstić information content (AvgIpc) is 2.57. The number of nitrogens with one attached hydrogen (secondary N) is 1. The van der Waals surface area contributed by atoms with Crippen LogP contribution in [0.15, 0.2) is 46.0 Å². The molecule has 25 heavy (non-hydrogen) atoms. The minimum absolute atomic E-state index is 0.00366. The molecule has 0 spiro atoms. The molecule has 0 saturated heterocycles. The van der Waals surface area contributed by atoms with Crippen LogP contribution in [0.2, 0.25) is 0 Å². The van der Waals surface area contributed by atoms with E-state index in [0.29, 0.717) is 22.6 Å². The number of hydrogen-bond acceptors (Lipinski definition) is 5. The Balaban J connectivity index is 2.10. The van der Waals surface area contributed by atoms with Crippen molar-refractivity contribution in [2.75, 3.05) is 7.11 Å². The highest BCUT2D eigenvalue weighted by Crippen LogP contribution is 2.29. The Kier molecular flexibility index (Phi) is 6.41. The van der Waals surface area contributed by atoms with E-state index in [9.17, 15) is 9.90 Å². The summed E-state index contributed by atoms with van der Waals surface area (Å²) in [6.45, 7) is 3.82. The van der Waals surface area contributed by atoms with Crippen molar-refractivity contribution >= 4 is 28.1 Å². The Morgan fingerprint density at radius 1 is 1.24 bits per heavy atom. The Labute approximate surface area is 154 Å². The topological polar surface area (TPSA) is 80.2 Å². The molecule has 0 fully saturated rings. The Morgan fingerprint density at radius 2 is 2.00 bits per heavy atom. The summed E-state index contributed by atoms with van der Waals surface area (Å²) in [5.74, 6) is 0.699. The molecule has 0 bridgehead atoms. The number of phenols is 1. The van der Waals surface area contributed by atoms with Crippen LogP contribution in [0, 0.1) is 0 Å². The minimum atomic E-state index is -0.403. The lowest BCUT2D eigenvalue weighted by atomic mass is 10.2. The molecule has 1 amide bonds. The maximum absolute atomic E-state index is 12.2. The van der Waals surface area contributed by atoms with Crippen LogP contribution in [-0.4, -0.2) is 30.4 Å². The monoisotopic (exact) mass is 406 g/mol. The van der Waals surface area contributed by atoms with E-state index in [1.54, 1.807) is 30.3 Å². The highest BCUT2D eigenvalue weighted by atomic mass is 79.9. The Bertz CT molecular complexity index is 791. The van der Waals surface area contributed by atoms with E-state index in [0.717, 1.165) is 4.47 Å². The number of ether oxygens (including phenoxy) is 2. The molecule has 2 rings (SSSR count). The largest absolute Gasteiger partial charge is 0.507 e. The van der Waals surface area contributed by atoms with Crippen LogP contribution in [0.25, 0.3) is 0 Å². The number of nitrogens with zero attached hydrogens (tertiary/aromatic N) is 1. The normalized spacial score (nSPS) is 10.9. The van der Waals surface area contributed by atoms with Gasteiger partial charge < -0.3 is 14.6 Å². The van der Waals surface area contributed by atoms with Gasteiger partial charge in [0.1, 0.15) is 5.75 Å². The van der Waals surface area contributed by atoms with Crippen molar-refractivity contribution < 1.29 is 19.4 Å². The second-order valence-corrected chi connectivity index (χ2v) is 6.35. The van der Waals surface area contributed by atoms with E-state index >= 15 is 0 Å². The zero-order chi connectivity index (χ0) is 18.4. The number of aromatic hydroxyl groups is 1. The fourth-order valence-corrected chi connectivity index (χ4v) is 2.39. The molecule has 2 N–H and O–H groups in total. The second-order valence-electron chi connectivity index (χ2n) is 5.43. The molecule has 2 aromatic rings. The summed E-state index contributed by atoms with van der Waals surface area (Å²) >= 11 is 3.31. The zero-order valence-electron chi connectivity index (χ0n) is 14.1. The van der Waals surface area contributed by atoms with Gasteiger partial charge in [-0.2, -0.15) is 5.10 Å². The molecule has 0 aliphatic heterocycles. The van der Waals surface area contributed by atoms with Gasteiger partial charge in [-0.15, -0.1) is 0 Å². The van der Waals surface area contributed by atoms with Gasteiger partial charge in [-0.05, 0) is 50.2 Å². The molecule has 0 aromatic heterocycles. The van der Waals surface area contributed by atoms with E-state index in [1.807, 2.05) is 13.8 Å². The first kappa shape index (κ1) is 18.8. The predicted molar refractivity (Wildman–Crippen MR) is 99.6 cm³/mol. The third kappa shape index (κ3) is 5.22. The summed E-state index contributed by atoms with van der Waals surface area (Å²) < 4.78 is 11.7. The van der Waals surface area contributed by atoms with Crippen molar-refractivity contribution in [2.24, 2.45) is 5.10 Å². The summed E-state index contributed by atoms with van der Waals surface area (Å²) in [4.78, 5) is 12.2. The summed E-state index contributed by atoms with van der Waals surface area (Å²) in [5, 5.41) is 13.6. The minimum Gasteiger partial charge on any atom is -0.507 e. The van der Waals surface area contributed by atoms with Crippen LogP contribution in [0.1, 0.15) is 29.8 Å². The molecule has 0 unspecified atom stereocenters. The summed E-state index contributed by atoms with van der Waals surface area (Å²) in [7, 11) is 1.51. The van der Waals surface area contributed by atoms with Crippen molar-refractivity contribution in [1.29, 1.82) is 0 Å². The Morgan fingerprint density at radius 3 is 2.68 bits per heavy atom. The van der Waals surface area contributed by atoms with Crippen molar-refractivity contribution in [1.82, 2.24) is 5.43 Å². The van der Waals surface area contributed by atoms with Crippen molar-refractivity contribution in [3.8, 4) is 17.2 Å². The van der Waals surface area contributed by atoms with Gasteiger partial charge in [-0.1, -0.05) is 15.9 Å². The molecule has 7 heteroatoms. The molecule has 6 nitrogen and oxygen atoms in total. The molecule has 0 radical (unpaired) electrons. The van der Waals surface area contributed by atoms with Gasteiger partial charge in [0.05, 0.1) is 19.4 Å². The smallest absolute Gasteiger partial charge is 0.271 e. The molecule has 0 aliphatic carbocycles. The lowest BCUT2D eigenvalue weighted by Gasteiger charge is -2.14. The number of carbonyl (C=O) groups excluding carboxylic acids is 1. The fraction of sp³-hybridized carbons (Fsp3) is 0.222. The number of hydrogen-bond donors (Lipinski definition) is 2. The number of halogens is 1. The lowest BCUT2D eigenvalue weighted by Crippen LogP contribution is -2.18. The van der Waals surface area contributed by atoms with Gasteiger partial charge >= 0.3 is 0 Å². The summed E-state index contributed by atoms with van der Waals surface area (Å²) in [6, 6.07) is 9.81. The van der Waals surface area contributed by atoms with E-state index in [2.05, 4.69) is 26.5 Å². The number of phenolic OH excluding ortho intramolecular Hbond substituents is 1. The SMILES string of the molecule is COc1cc(C(=O)N/N=C/c2cc(Br)ccc2O)ccc1OC(C)C. The second kappa shape index (κ2) is 8.53. The van der Waals surface area contributed by atoms with Crippen LogP contribution in [-0.2, 0) is 0 Å². The number of rotatable bonds is 6. The van der Waals surface area contributed by atoms with Gasteiger partial charge in [-0.3, -0.25) is 4.79 Å². The number of hydrazone groups is 1. The third-order valence-corrected chi connectivity index (χ3v) is 3.64. The molecular weight excluding hydrogens is 388 g/mol. The molecule has 0 saturated carbocycles. The van der Waals surface area contributed by atoms with Gasteiger partial charge in [0.2, 0.25) is 0 Å². The first-order chi connectivity index (χ1) is 11.9. The van der Waals surface area contributed by atoms with Gasteiger partial charge in [0.25, 0.3) is 5.91 Å². The van der Waals surface area contributed by atoms with Gasteiger partial charge in [0, 0.05) is 15.6 Å². The predicted octanol–water partition coefficient (Wildman–Crippen LogP) is 3.71. The van der Waals surface area contributed by atoms with Crippen molar-refractivity contribution in [3.05, 3.63) is 52.0 Å². The van der Waals surface area contributed by atoms with Crippen LogP contribution in [0.5, 0.6) is 17.2 Å². The molecule has 132 valence electrons. The Hall–Kier alpha value is -2.54. The number of benzene rings is 2. The maximum atomic E-state index is 12.2. The molecule has 0 heterocycles. The van der Waals surface area contributed by atoms with E-state index in [-0.39, 0.29) is 11.9 Å². The van der Waals surface area contributed by atoms with E-state index in [1.165, 1.54) is 19.4 Å². The average molecular weight is 407 g/mol. The van der Waals surface area contributed by atoms with E-state index in [4.69, 9.17) is 9.47 Å². The van der Waals surface area contributed by atoms with E-state index < -0.39 is 5.91 Å². The standard InChI is InChI=1S/C18H19BrN2O4/c1-11(2)25-16-7-4-12(9-17(16)24-3)18(23)21-20-10-13-8-14(19)5-6-15(13)22/h4-11,22H,1-3H3,(H,21,23)/b20-10+. The number of methoxy groups -OCH3 is 1. The van der Waals surface area contributed by atoms with Gasteiger partial charge in [-0.25, -0.2) is 5.43 Å². The molecule has 0 aliphatic rings. The lowest BCUT2D eigenvalue weighted by molar-refractivity contribution is 0.0954. The molecular formula is C18H19BrN2O4. The number of amides is 1. The summed E-state index contributed by atoms with van der Waals surface area (Å²) in [5.41, 5.74) is 3.27. The quantitative estimate of drug-likeness (QED) is 0.565. The number of carbonyl (C=O) groups is 1. The maximum Gasteiger partial charge on any atom is 0.271 e. The van der Waals surface area contributed by atoms with Crippen LogP contribution in [0.4, 0.5) is 0 Å². The first-order valence-electron chi connectivity index (χ1n) is 7.57. The summed E-state index contributed by atoms with van der Waals surface area (Å²) in [6.07, 6.45) is 1.36.